The van der Waals surface area contributed by atoms with Gasteiger partial charge in [0.2, 0.25) is 0 Å². The Balaban J connectivity index is 1.36. The number of rotatable bonds is 9. The zero-order valence-corrected chi connectivity index (χ0v) is 19.8. The number of hydrogen-bond donors (Lipinski definition) is 3. The molecule has 4 rings (SSSR count). The Bertz CT molecular complexity index is 1130. The monoisotopic (exact) mass is 504 g/mol. The number of fused-ring (bicyclic) bond motifs is 1. The van der Waals surface area contributed by atoms with Crippen LogP contribution in [0.4, 0.5) is 0 Å². The van der Waals surface area contributed by atoms with E-state index in [4.69, 9.17) is 14.2 Å². The van der Waals surface area contributed by atoms with Crippen LogP contribution >= 0.6 is 11.8 Å². The molecule has 0 aromatic heterocycles. The summed E-state index contributed by atoms with van der Waals surface area (Å²) in [5, 5.41) is 14.8. The summed E-state index contributed by atoms with van der Waals surface area (Å²) in [6.45, 7) is 2.10. The molecule has 0 aliphatic carbocycles. The summed E-state index contributed by atoms with van der Waals surface area (Å²) in [6, 6.07) is 4.33. The van der Waals surface area contributed by atoms with Gasteiger partial charge < -0.3 is 30.0 Å². The van der Waals surface area contributed by atoms with E-state index in [1.165, 1.54) is 25.8 Å². The number of amides is 2. The van der Waals surface area contributed by atoms with E-state index in [0.29, 0.717) is 23.6 Å². The van der Waals surface area contributed by atoms with Crippen LogP contribution in [0.15, 0.2) is 34.5 Å². The van der Waals surface area contributed by atoms with E-state index in [9.17, 15) is 24.3 Å². The lowest BCUT2D eigenvalue weighted by Gasteiger charge is -2.49. The maximum absolute atomic E-state index is 12.7. The summed E-state index contributed by atoms with van der Waals surface area (Å²) in [6.07, 6.45) is 0. The van der Waals surface area contributed by atoms with Crippen LogP contribution in [-0.4, -0.2) is 90.2 Å². The molecule has 0 bridgehead atoms. The first-order valence-electron chi connectivity index (χ1n) is 10.7. The van der Waals surface area contributed by atoms with E-state index in [1.807, 2.05) is 0 Å². The number of carbonyl (C=O) groups is 4. The molecule has 35 heavy (non-hydrogen) atoms. The normalized spacial score (nSPS) is 20.8. The molecule has 12 nitrogen and oxygen atoms in total. The molecule has 1 fully saturated rings. The predicted molar refractivity (Wildman–Crippen MR) is 124 cm³/mol. The van der Waals surface area contributed by atoms with E-state index in [1.54, 1.807) is 18.2 Å². The molecule has 2 atom stereocenters. The van der Waals surface area contributed by atoms with Gasteiger partial charge in [-0.25, -0.2) is 4.79 Å². The van der Waals surface area contributed by atoms with Crippen molar-refractivity contribution in [2.75, 3.05) is 39.2 Å². The predicted octanol–water partition coefficient (Wildman–Crippen LogP) is -0.274. The average Bonchev–Trinajstić information content (AvgIpc) is 3.38. The van der Waals surface area contributed by atoms with Gasteiger partial charge in [0.25, 0.3) is 11.8 Å². The van der Waals surface area contributed by atoms with Crippen molar-refractivity contribution in [3.05, 3.63) is 35.0 Å². The molecule has 3 aliphatic heterocycles. The molecule has 1 aromatic carbocycles. The quantitative estimate of drug-likeness (QED) is 0.302. The Morgan fingerprint density at radius 2 is 2.11 bits per heavy atom. The summed E-state index contributed by atoms with van der Waals surface area (Å²) in [5.74, 6) is -1.16. The maximum Gasteiger partial charge on any atom is 0.352 e. The fourth-order valence-electron chi connectivity index (χ4n) is 3.87. The van der Waals surface area contributed by atoms with Crippen LogP contribution in [0, 0.1) is 0 Å². The highest BCUT2D eigenvalue weighted by molar-refractivity contribution is 8.00. The zero-order valence-electron chi connectivity index (χ0n) is 19.0. The first-order valence-corrected chi connectivity index (χ1v) is 11.8. The second-order valence-electron chi connectivity index (χ2n) is 7.80. The highest BCUT2D eigenvalue weighted by atomic mass is 32.2. The number of methoxy groups -OCH3 is 1. The van der Waals surface area contributed by atoms with Gasteiger partial charge in [-0.15, -0.1) is 11.8 Å². The average molecular weight is 505 g/mol. The highest BCUT2D eigenvalue weighted by Crippen LogP contribution is 2.40. The minimum atomic E-state index is -1.30. The van der Waals surface area contributed by atoms with Gasteiger partial charge >= 0.3 is 11.9 Å². The van der Waals surface area contributed by atoms with Crippen molar-refractivity contribution in [2.45, 2.75) is 18.3 Å². The number of β-lactam (4-membered cyclic amide) rings is 1. The van der Waals surface area contributed by atoms with Crippen LogP contribution in [0.1, 0.15) is 12.5 Å². The molecule has 186 valence electrons. The number of thioether (sulfide) groups is 1. The summed E-state index contributed by atoms with van der Waals surface area (Å²) in [5.41, 5.74) is 0.943. The van der Waals surface area contributed by atoms with Gasteiger partial charge in [-0.05, 0) is 18.2 Å². The Hall–Kier alpha value is -3.74. The molecule has 0 spiro atoms. The molecule has 3 N–H and O–H groups in total. The first-order chi connectivity index (χ1) is 16.8. The third-order valence-electron chi connectivity index (χ3n) is 5.49. The topological polar surface area (TPSA) is 156 Å². The van der Waals surface area contributed by atoms with E-state index < -0.39 is 35.2 Å². The molecule has 1 aromatic rings. The Kier molecular flexibility index (Phi) is 7.15. The fourth-order valence-corrected chi connectivity index (χ4v) is 5.19. The van der Waals surface area contributed by atoms with Crippen LogP contribution in [-0.2, 0) is 23.9 Å². The highest BCUT2D eigenvalue weighted by Gasteiger charge is 2.54. The number of amidine groups is 1. The van der Waals surface area contributed by atoms with Gasteiger partial charge in [-0.3, -0.25) is 24.3 Å². The number of benzene rings is 1. The van der Waals surface area contributed by atoms with Crippen molar-refractivity contribution in [2.24, 2.45) is 4.99 Å². The van der Waals surface area contributed by atoms with Crippen LogP contribution in [0.2, 0.25) is 0 Å². The standard InChI is InChI=1S/C22H24N4O8S/c1-11(27)33-8-13-10-35-21-17(20(29)26(21)18(13)22(30)31)25-16(28)9-34-14-4-3-12(7-15(14)32-2)19-23-5-6-24-19/h3-4,7,17,21H,5-6,8-10H2,1-2H3,(H,23,24)(H,25,28)(H,30,31)/t17-,21-/m1/s1. The van der Waals surface area contributed by atoms with Gasteiger partial charge in [0, 0.05) is 30.4 Å². The molecule has 3 heterocycles. The molecule has 0 unspecified atom stereocenters. The number of hydrogen-bond acceptors (Lipinski definition) is 10. The van der Waals surface area contributed by atoms with E-state index in [-0.39, 0.29) is 24.7 Å². The van der Waals surface area contributed by atoms with Crippen molar-refractivity contribution < 1.29 is 38.5 Å². The second kappa shape index (κ2) is 10.3. The lowest BCUT2D eigenvalue weighted by molar-refractivity contribution is -0.151. The molecule has 2 amide bonds. The number of nitrogens with zero attached hydrogens (tertiary/aromatic N) is 2. The Morgan fingerprint density at radius 3 is 2.77 bits per heavy atom. The van der Waals surface area contributed by atoms with Crippen LogP contribution in [0.25, 0.3) is 0 Å². The van der Waals surface area contributed by atoms with Gasteiger partial charge in [0.15, 0.2) is 18.1 Å². The Morgan fingerprint density at radius 1 is 1.31 bits per heavy atom. The third-order valence-corrected chi connectivity index (χ3v) is 6.83. The fraction of sp³-hybridized carbons (Fsp3) is 0.409. The van der Waals surface area contributed by atoms with Crippen LogP contribution in [0.5, 0.6) is 11.5 Å². The van der Waals surface area contributed by atoms with Crippen molar-refractivity contribution in [3.63, 3.8) is 0 Å². The number of nitrogens with one attached hydrogen (secondary N) is 2. The van der Waals surface area contributed by atoms with Crippen LogP contribution < -0.4 is 20.1 Å². The van der Waals surface area contributed by atoms with E-state index in [2.05, 4.69) is 15.6 Å². The molecule has 1 saturated heterocycles. The van der Waals surface area contributed by atoms with Crippen molar-refractivity contribution >= 4 is 41.4 Å². The van der Waals surface area contributed by atoms with Crippen molar-refractivity contribution in [1.82, 2.24) is 15.5 Å². The number of aliphatic carboxylic acids is 1. The Labute approximate surface area is 204 Å². The van der Waals surface area contributed by atoms with Gasteiger partial charge in [-0.1, -0.05) is 0 Å². The third kappa shape index (κ3) is 5.04. The van der Waals surface area contributed by atoms with Gasteiger partial charge in [-0.2, -0.15) is 0 Å². The largest absolute Gasteiger partial charge is 0.493 e. The molecular formula is C22H24N4O8S. The lowest BCUT2D eigenvalue weighted by atomic mass is 10.0. The number of carbonyl (C=O) groups excluding carboxylic acids is 3. The number of esters is 1. The molecule has 0 radical (unpaired) electrons. The van der Waals surface area contributed by atoms with Gasteiger partial charge in [0.1, 0.15) is 29.6 Å². The summed E-state index contributed by atoms with van der Waals surface area (Å²) in [7, 11) is 1.49. The summed E-state index contributed by atoms with van der Waals surface area (Å²) < 4.78 is 15.9. The van der Waals surface area contributed by atoms with E-state index >= 15 is 0 Å². The zero-order chi connectivity index (χ0) is 25.1. The molecule has 3 aliphatic rings. The smallest absolute Gasteiger partial charge is 0.352 e. The van der Waals surface area contributed by atoms with Crippen molar-refractivity contribution in [1.29, 1.82) is 0 Å². The summed E-state index contributed by atoms with van der Waals surface area (Å²) in [4.78, 5) is 53.5. The number of carboxylic acid groups (broad SMARTS) is 1. The minimum absolute atomic E-state index is 0.213. The van der Waals surface area contributed by atoms with E-state index in [0.717, 1.165) is 22.8 Å². The second-order valence-corrected chi connectivity index (χ2v) is 8.91. The van der Waals surface area contributed by atoms with Crippen LogP contribution in [0.3, 0.4) is 0 Å². The summed E-state index contributed by atoms with van der Waals surface area (Å²) >= 11 is 1.28. The molecule has 13 heteroatoms. The minimum Gasteiger partial charge on any atom is -0.493 e. The number of carboxylic acids is 1. The van der Waals surface area contributed by atoms with Crippen molar-refractivity contribution in [3.8, 4) is 11.5 Å². The number of aliphatic imine (C=N–C) groups is 1. The maximum atomic E-state index is 12.7. The lowest BCUT2D eigenvalue weighted by Crippen LogP contribution is -2.71. The molecular weight excluding hydrogens is 480 g/mol. The molecule has 0 saturated carbocycles. The SMILES string of the molecule is COc1cc(C2=NCCN2)ccc1OCC(=O)N[C@@H]1C(=O)N2C(C(=O)O)=C(COC(C)=O)CS[C@H]12. The first kappa shape index (κ1) is 24.4. The van der Waals surface area contributed by atoms with Gasteiger partial charge in [0.05, 0.1) is 13.7 Å². The number of ether oxygens (including phenoxy) is 3.